The van der Waals surface area contributed by atoms with Crippen LogP contribution in [-0.4, -0.2) is 23.2 Å². The van der Waals surface area contributed by atoms with E-state index in [9.17, 15) is 27.9 Å². The number of carboxylic acids is 1. The number of amides is 1. The van der Waals surface area contributed by atoms with E-state index >= 15 is 0 Å². The highest BCUT2D eigenvalue weighted by atomic mass is 79.9. The SMILES string of the molecule is O=C(NC(C(=O)O)c1csc(Br)c1)c1ccc(C2(C(F)(F)F)N=N2)cc1. The number of nitrogens with zero attached hydrogens (tertiary/aromatic N) is 2. The molecule has 1 aromatic heterocycles. The molecule has 136 valence electrons. The van der Waals surface area contributed by atoms with Crippen molar-refractivity contribution in [2.45, 2.75) is 17.9 Å². The molecule has 11 heteroatoms. The molecule has 0 saturated carbocycles. The number of hydrogen-bond acceptors (Lipinski definition) is 5. The Kier molecular flexibility index (Phi) is 4.61. The van der Waals surface area contributed by atoms with Crippen molar-refractivity contribution >= 4 is 39.1 Å². The maximum Gasteiger partial charge on any atom is 0.442 e. The fourth-order valence-electron chi connectivity index (χ4n) is 2.27. The molecule has 1 amide bonds. The van der Waals surface area contributed by atoms with Crippen LogP contribution in [0, 0.1) is 0 Å². The van der Waals surface area contributed by atoms with Crippen molar-refractivity contribution in [1.29, 1.82) is 0 Å². The van der Waals surface area contributed by atoms with Gasteiger partial charge in [-0.2, -0.15) is 13.2 Å². The van der Waals surface area contributed by atoms with Crippen LogP contribution in [0.3, 0.4) is 0 Å². The maximum absolute atomic E-state index is 13.0. The lowest BCUT2D eigenvalue weighted by molar-refractivity contribution is -0.166. The van der Waals surface area contributed by atoms with Gasteiger partial charge in [-0.25, -0.2) is 4.79 Å². The zero-order valence-electron chi connectivity index (χ0n) is 12.6. The summed E-state index contributed by atoms with van der Waals surface area (Å²) < 4.78 is 39.6. The number of rotatable bonds is 5. The second kappa shape index (κ2) is 6.47. The minimum atomic E-state index is -4.66. The Bertz CT molecular complexity index is 890. The van der Waals surface area contributed by atoms with Gasteiger partial charge in [0.05, 0.1) is 3.79 Å². The summed E-state index contributed by atoms with van der Waals surface area (Å²) in [6.45, 7) is 0. The quantitative estimate of drug-likeness (QED) is 0.717. The number of thiophene rings is 1. The van der Waals surface area contributed by atoms with E-state index in [1.165, 1.54) is 23.5 Å². The molecule has 1 aliphatic rings. The van der Waals surface area contributed by atoms with Crippen LogP contribution in [0.5, 0.6) is 0 Å². The molecule has 2 heterocycles. The van der Waals surface area contributed by atoms with Gasteiger partial charge in [0.2, 0.25) is 0 Å². The predicted octanol–water partition coefficient (Wildman–Crippen LogP) is 4.25. The lowest BCUT2D eigenvalue weighted by Crippen LogP contribution is -2.33. The second-order valence-corrected chi connectivity index (χ2v) is 7.67. The van der Waals surface area contributed by atoms with E-state index in [2.05, 4.69) is 31.5 Å². The van der Waals surface area contributed by atoms with E-state index < -0.39 is 29.8 Å². The van der Waals surface area contributed by atoms with Gasteiger partial charge in [0, 0.05) is 11.1 Å². The first-order valence-electron chi connectivity index (χ1n) is 7.03. The summed E-state index contributed by atoms with van der Waals surface area (Å²) in [6.07, 6.45) is -4.66. The van der Waals surface area contributed by atoms with Gasteiger partial charge in [0.1, 0.15) is 0 Å². The van der Waals surface area contributed by atoms with Crippen molar-refractivity contribution < 1.29 is 27.9 Å². The van der Waals surface area contributed by atoms with Crippen LogP contribution >= 0.6 is 27.3 Å². The van der Waals surface area contributed by atoms with Crippen LogP contribution in [0.2, 0.25) is 0 Å². The topological polar surface area (TPSA) is 91.1 Å². The van der Waals surface area contributed by atoms with Crippen molar-refractivity contribution in [3.8, 4) is 0 Å². The first-order chi connectivity index (χ1) is 12.1. The standard InChI is InChI=1S/C15H9BrF3N3O3S/c16-10-5-8(6-26-10)11(13(24)25)20-12(23)7-1-3-9(4-2-7)14(21-22-14)15(17,18)19/h1-6,11H,(H,20,23)(H,24,25). The zero-order valence-corrected chi connectivity index (χ0v) is 15.0. The molecular formula is C15H9BrF3N3O3S. The molecule has 2 N–H and O–H groups in total. The first-order valence-corrected chi connectivity index (χ1v) is 8.70. The van der Waals surface area contributed by atoms with E-state index in [4.69, 9.17) is 0 Å². The van der Waals surface area contributed by atoms with Gasteiger partial charge in [0.25, 0.3) is 5.91 Å². The van der Waals surface area contributed by atoms with E-state index in [0.29, 0.717) is 9.35 Å². The minimum Gasteiger partial charge on any atom is -0.479 e. The van der Waals surface area contributed by atoms with Crippen molar-refractivity contribution in [1.82, 2.24) is 5.32 Å². The van der Waals surface area contributed by atoms with Gasteiger partial charge >= 0.3 is 17.8 Å². The van der Waals surface area contributed by atoms with Crippen LogP contribution in [0.4, 0.5) is 13.2 Å². The number of alkyl halides is 3. The van der Waals surface area contributed by atoms with Gasteiger partial charge in [-0.1, -0.05) is 12.1 Å². The van der Waals surface area contributed by atoms with Crippen LogP contribution in [0.25, 0.3) is 0 Å². The normalized spacial score (nSPS) is 16.2. The molecule has 1 atom stereocenters. The average Bonchev–Trinajstić information content (AvgIpc) is 3.29. The Morgan fingerprint density at radius 2 is 1.85 bits per heavy atom. The first kappa shape index (κ1) is 18.5. The van der Waals surface area contributed by atoms with Crippen molar-refractivity contribution in [2.24, 2.45) is 10.2 Å². The third-order valence-corrected chi connectivity index (χ3v) is 5.21. The fourth-order valence-corrected chi connectivity index (χ4v) is 3.48. The van der Waals surface area contributed by atoms with Gasteiger partial charge in [-0.15, -0.1) is 21.6 Å². The van der Waals surface area contributed by atoms with E-state index in [-0.39, 0.29) is 11.1 Å². The lowest BCUT2D eigenvalue weighted by atomic mass is 10.0. The summed E-state index contributed by atoms with van der Waals surface area (Å²) in [6, 6.07) is 4.82. The summed E-state index contributed by atoms with van der Waals surface area (Å²) in [4.78, 5) is 23.7. The molecule has 0 fully saturated rings. The molecule has 3 rings (SSSR count). The molecular weight excluding hydrogens is 439 g/mol. The molecule has 0 spiro atoms. The number of benzene rings is 1. The molecule has 0 radical (unpaired) electrons. The molecule has 6 nitrogen and oxygen atoms in total. The van der Waals surface area contributed by atoms with Crippen molar-refractivity contribution in [3.05, 3.63) is 56.2 Å². The van der Waals surface area contributed by atoms with Gasteiger partial charge in [0.15, 0.2) is 6.04 Å². The lowest BCUT2D eigenvalue weighted by Gasteiger charge is -2.16. The number of aliphatic carboxylic acids is 1. The van der Waals surface area contributed by atoms with Gasteiger partial charge < -0.3 is 10.4 Å². The van der Waals surface area contributed by atoms with Crippen LogP contribution < -0.4 is 5.32 Å². The highest BCUT2D eigenvalue weighted by Gasteiger charge is 2.65. The van der Waals surface area contributed by atoms with Crippen LogP contribution in [0.1, 0.15) is 27.5 Å². The Labute approximate surface area is 156 Å². The van der Waals surface area contributed by atoms with E-state index in [1.54, 1.807) is 11.4 Å². The summed E-state index contributed by atoms with van der Waals surface area (Å²) in [5, 5.41) is 19.4. The number of carbonyl (C=O) groups is 2. The third kappa shape index (κ3) is 3.36. The molecule has 2 aromatic rings. The fraction of sp³-hybridized carbons (Fsp3) is 0.200. The monoisotopic (exact) mass is 447 g/mol. The van der Waals surface area contributed by atoms with Gasteiger partial charge in [-0.3, -0.25) is 4.79 Å². The minimum absolute atomic E-state index is 0.0206. The van der Waals surface area contributed by atoms with Crippen molar-refractivity contribution in [3.63, 3.8) is 0 Å². The number of carboxylic acid groups (broad SMARTS) is 1. The molecule has 1 aliphatic heterocycles. The number of carbonyl (C=O) groups excluding carboxylic acids is 1. The molecule has 1 aromatic carbocycles. The summed E-state index contributed by atoms with van der Waals surface area (Å²) in [5.74, 6) is -1.98. The maximum atomic E-state index is 13.0. The van der Waals surface area contributed by atoms with Crippen LogP contribution in [-0.2, 0) is 10.5 Å². The highest BCUT2D eigenvalue weighted by molar-refractivity contribution is 9.11. The van der Waals surface area contributed by atoms with E-state index in [1.807, 2.05) is 0 Å². The molecule has 1 unspecified atom stereocenters. The molecule has 26 heavy (non-hydrogen) atoms. The Balaban J connectivity index is 1.77. The number of nitrogens with one attached hydrogen (secondary N) is 1. The van der Waals surface area contributed by atoms with Crippen LogP contribution in [0.15, 0.2) is 49.7 Å². The Morgan fingerprint density at radius 3 is 2.27 bits per heavy atom. The largest absolute Gasteiger partial charge is 0.479 e. The Morgan fingerprint density at radius 1 is 1.23 bits per heavy atom. The van der Waals surface area contributed by atoms with Crippen molar-refractivity contribution in [2.75, 3.05) is 0 Å². The smallest absolute Gasteiger partial charge is 0.442 e. The average molecular weight is 448 g/mol. The summed E-state index contributed by atoms with van der Waals surface area (Å²) in [5.41, 5.74) is -2.37. The number of hydrogen-bond donors (Lipinski definition) is 2. The molecule has 0 bridgehead atoms. The van der Waals surface area contributed by atoms with Gasteiger partial charge in [-0.05, 0) is 45.1 Å². The second-order valence-electron chi connectivity index (χ2n) is 5.38. The molecule has 0 aliphatic carbocycles. The summed E-state index contributed by atoms with van der Waals surface area (Å²) in [7, 11) is 0. The predicted molar refractivity (Wildman–Crippen MR) is 88.9 cm³/mol. The third-order valence-electron chi connectivity index (χ3n) is 3.69. The zero-order chi connectivity index (χ0) is 19.1. The Hall–Kier alpha value is -2.27. The number of halogens is 4. The molecule has 0 saturated heterocycles. The van der Waals surface area contributed by atoms with E-state index in [0.717, 1.165) is 12.1 Å². The highest BCUT2D eigenvalue weighted by Crippen LogP contribution is 2.52. The summed E-state index contributed by atoms with van der Waals surface area (Å²) >= 11 is 4.47.